The molecule has 0 heterocycles. The first-order chi connectivity index (χ1) is 9.13. The van der Waals surface area contributed by atoms with E-state index in [2.05, 4.69) is 6.92 Å². The summed E-state index contributed by atoms with van der Waals surface area (Å²) in [4.78, 5) is 13.9. The fourth-order valence-electron chi connectivity index (χ4n) is 5.73. The molecule has 3 heteroatoms. The highest BCUT2D eigenvalue weighted by Gasteiger charge is 2.51. The smallest absolute Gasteiger partial charge is 0.236 e. The van der Waals surface area contributed by atoms with E-state index in [-0.39, 0.29) is 12.5 Å². The second kappa shape index (κ2) is 5.08. The standard InChI is InChI=1S/C16H28N2O/c1-3-14(18(2)15(19)9-17)16-12-5-10-4-11(7-12)8-13(16)6-10/h10-14,16H,3-9,17H2,1-2H3. The third-order valence-electron chi connectivity index (χ3n) is 6.23. The minimum Gasteiger partial charge on any atom is -0.341 e. The van der Waals surface area contributed by atoms with Crippen molar-refractivity contribution in [3.63, 3.8) is 0 Å². The number of hydrogen-bond donors (Lipinski definition) is 1. The maximum absolute atomic E-state index is 11.9. The van der Waals surface area contributed by atoms with E-state index < -0.39 is 0 Å². The van der Waals surface area contributed by atoms with Crippen LogP contribution in [-0.2, 0) is 4.79 Å². The van der Waals surface area contributed by atoms with E-state index >= 15 is 0 Å². The van der Waals surface area contributed by atoms with E-state index in [4.69, 9.17) is 5.73 Å². The van der Waals surface area contributed by atoms with Crippen molar-refractivity contribution in [3.8, 4) is 0 Å². The van der Waals surface area contributed by atoms with Gasteiger partial charge in [0.1, 0.15) is 0 Å². The van der Waals surface area contributed by atoms with Crippen molar-refractivity contribution < 1.29 is 4.79 Å². The highest BCUT2D eigenvalue weighted by atomic mass is 16.2. The summed E-state index contributed by atoms with van der Waals surface area (Å²) in [7, 11) is 1.97. The van der Waals surface area contributed by atoms with Crippen molar-refractivity contribution in [3.05, 3.63) is 0 Å². The molecule has 0 radical (unpaired) electrons. The van der Waals surface area contributed by atoms with Gasteiger partial charge in [0.2, 0.25) is 5.91 Å². The van der Waals surface area contributed by atoms with Crippen LogP contribution in [-0.4, -0.2) is 30.4 Å². The van der Waals surface area contributed by atoms with Gasteiger partial charge in [-0.25, -0.2) is 0 Å². The Bertz CT molecular complexity index is 327. The molecule has 0 aromatic heterocycles. The number of nitrogens with zero attached hydrogens (tertiary/aromatic N) is 1. The number of nitrogens with two attached hydrogens (primary N) is 1. The SMILES string of the molecule is CCC(C1C2CC3CC(C2)CC1C3)N(C)C(=O)CN. The Kier molecular flexibility index (Phi) is 3.59. The molecule has 19 heavy (non-hydrogen) atoms. The lowest BCUT2D eigenvalue weighted by Crippen LogP contribution is -2.54. The molecule has 0 aliphatic heterocycles. The Labute approximate surface area is 116 Å². The summed E-state index contributed by atoms with van der Waals surface area (Å²) >= 11 is 0. The zero-order valence-corrected chi connectivity index (χ0v) is 12.3. The summed E-state index contributed by atoms with van der Waals surface area (Å²) in [6, 6.07) is 0.422. The van der Waals surface area contributed by atoms with Crippen molar-refractivity contribution in [2.75, 3.05) is 13.6 Å². The van der Waals surface area contributed by atoms with Gasteiger partial charge in [-0.15, -0.1) is 0 Å². The molecular formula is C16H28N2O. The molecular weight excluding hydrogens is 236 g/mol. The minimum absolute atomic E-state index is 0.112. The third-order valence-corrected chi connectivity index (χ3v) is 6.23. The Balaban J connectivity index is 1.78. The van der Waals surface area contributed by atoms with Crippen molar-refractivity contribution in [2.45, 2.75) is 51.5 Å². The number of hydrogen-bond acceptors (Lipinski definition) is 2. The molecule has 4 bridgehead atoms. The van der Waals surface area contributed by atoms with Crippen LogP contribution in [0.15, 0.2) is 0 Å². The van der Waals surface area contributed by atoms with E-state index in [0.29, 0.717) is 6.04 Å². The van der Waals surface area contributed by atoms with Gasteiger partial charge in [0.25, 0.3) is 0 Å². The van der Waals surface area contributed by atoms with Gasteiger partial charge in [-0.1, -0.05) is 6.92 Å². The average Bonchev–Trinajstić information content (AvgIpc) is 2.40. The summed E-state index contributed by atoms with van der Waals surface area (Å²) in [6.07, 6.45) is 8.29. The molecule has 108 valence electrons. The highest BCUT2D eigenvalue weighted by molar-refractivity contribution is 5.78. The number of amides is 1. The lowest BCUT2D eigenvalue weighted by molar-refractivity contribution is -0.136. The van der Waals surface area contributed by atoms with Gasteiger partial charge in [0.15, 0.2) is 0 Å². The summed E-state index contributed by atoms with van der Waals surface area (Å²) in [5.41, 5.74) is 5.55. The first kappa shape index (κ1) is 13.4. The van der Waals surface area contributed by atoms with Crippen LogP contribution in [0, 0.1) is 29.6 Å². The van der Waals surface area contributed by atoms with Crippen LogP contribution in [0.1, 0.15) is 45.4 Å². The summed E-state index contributed by atoms with van der Waals surface area (Å²) < 4.78 is 0. The molecule has 4 saturated carbocycles. The van der Waals surface area contributed by atoms with Crippen molar-refractivity contribution >= 4 is 5.91 Å². The Hall–Kier alpha value is -0.570. The second-order valence-corrected chi connectivity index (χ2v) is 7.19. The Morgan fingerprint density at radius 2 is 1.68 bits per heavy atom. The Morgan fingerprint density at radius 1 is 1.16 bits per heavy atom. The van der Waals surface area contributed by atoms with Gasteiger partial charge in [-0.2, -0.15) is 0 Å². The fourth-order valence-corrected chi connectivity index (χ4v) is 5.73. The first-order valence-corrected chi connectivity index (χ1v) is 8.09. The van der Waals surface area contributed by atoms with E-state index in [0.717, 1.165) is 36.0 Å². The zero-order chi connectivity index (χ0) is 13.6. The average molecular weight is 264 g/mol. The van der Waals surface area contributed by atoms with Crippen LogP contribution < -0.4 is 5.73 Å². The summed E-state index contributed by atoms with van der Waals surface area (Å²) in [5, 5.41) is 0. The number of rotatable bonds is 4. The fraction of sp³-hybridized carbons (Fsp3) is 0.938. The summed E-state index contributed by atoms with van der Waals surface area (Å²) in [5.74, 6) is 4.64. The zero-order valence-electron chi connectivity index (χ0n) is 12.3. The Morgan fingerprint density at radius 3 is 2.11 bits per heavy atom. The number of carbonyl (C=O) groups is 1. The van der Waals surface area contributed by atoms with E-state index in [1.165, 1.54) is 32.1 Å². The monoisotopic (exact) mass is 264 g/mol. The van der Waals surface area contributed by atoms with Gasteiger partial charge < -0.3 is 10.6 Å². The minimum atomic E-state index is 0.112. The molecule has 0 saturated heterocycles. The molecule has 0 aromatic carbocycles. The molecule has 1 atom stereocenters. The molecule has 4 rings (SSSR count). The predicted octanol–water partition coefficient (Wildman–Crippen LogP) is 2.25. The molecule has 3 nitrogen and oxygen atoms in total. The van der Waals surface area contributed by atoms with E-state index in [1.807, 2.05) is 11.9 Å². The van der Waals surface area contributed by atoms with Crippen molar-refractivity contribution in [1.82, 2.24) is 4.90 Å². The molecule has 4 fully saturated rings. The molecule has 4 aliphatic carbocycles. The van der Waals surface area contributed by atoms with Gasteiger partial charge in [0, 0.05) is 13.1 Å². The molecule has 4 aliphatic rings. The molecule has 2 N–H and O–H groups in total. The van der Waals surface area contributed by atoms with E-state index in [1.54, 1.807) is 0 Å². The van der Waals surface area contributed by atoms with Crippen LogP contribution >= 0.6 is 0 Å². The largest absolute Gasteiger partial charge is 0.341 e. The normalized spacial score (nSPS) is 41.3. The van der Waals surface area contributed by atoms with Crippen LogP contribution in [0.4, 0.5) is 0 Å². The van der Waals surface area contributed by atoms with Gasteiger partial charge in [-0.3, -0.25) is 4.79 Å². The first-order valence-electron chi connectivity index (χ1n) is 8.09. The summed E-state index contributed by atoms with van der Waals surface area (Å²) in [6.45, 7) is 2.39. The van der Waals surface area contributed by atoms with Crippen LogP contribution in [0.25, 0.3) is 0 Å². The highest BCUT2D eigenvalue weighted by Crippen LogP contribution is 2.58. The molecule has 1 unspecified atom stereocenters. The number of carbonyl (C=O) groups excluding carboxylic acids is 1. The lowest BCUT2D eigenvalue weighted by Gasteiger charge is -2.57. The quantitative estimate of drug-likeness (QED) is 0.846. The third kappa shape index (κ3) is 2.20. The lowest BCUT2D eigenvalue weighted by atomic mass is 9.50. The topological polar surface area (TPSA) is 46.3 Å². The van der Waals surface area contributed by atoms with Crippen molar-refractivity contribution in [1.29, 1.82) is 0 Å². The maximum Gasteiger partial charge on any atom is 0.236 e. The van der Waals surface area contributed by atoms with Gasteiger partial charge in [0.05, 0.1) is 6.54 Å². The maximum atomic E-state index is 11.9. The van der Waals surface area contributed by atoms with E-state index in [9.17, 15) is 4.79 Å². The second-order valence-electron chi connectivity index (χ2n) is 7.19. The molecule has 0 aromatic rings. The molecule has 0 spiro atoms. The van der Waals surface area contributed by atoms with Gasteiger partial charge >= 0.3 is 0 Å². The van der Waals surface area contributed by atoms with Gasteiger partial charge in [-0.05, 0) is 68.1 Å². The predicted molar refractivity (Wildman–Crippen MR) is 76.4 cm³/mol. The van der Waals surface area contributed by atoms with Crippen LogP contribution in [0.2, 0.25) is 0 Å². The van der Waals surface area contributed by atoms with Crippen LogP contribution in [0.3, 0.4) is 0 Å². The number of likely N-dealkylation sites (N-methyl/N-ethyl adjacent to an activating group) is 1. The van der Waals surface area contributed by atoms with Crippen molar-refractivity contribution in [2.24, 2.45) is 35.3 Å². The van der Waals surface area contributed by atoms with Crippen LogP contribution in [0.5, 0.6) is 0 Å². The molecule has 1 amide bonds.